The van der Waals surface area contributed by atoms with Gasteiger partial charge in [-0.05, 0) is 12.1 Å². The summed E-state index contributed by atoms with van der Waals surface area (Å²) in [6.07, 6.45) is 1.63. The van der Waals surface area contributed by atoms with E-state index in [0.717, 1.165) is 11.3 Å². The Morgan fingerprint density at radius 1 is 1.12 bits per heavy atom. The first-order valence-corrected chi connectivity index (χ1v) is 7.95. The molecular weight excluding hydrogens is 320 g/mol. The zero-order valence-corrected chi connectivity index (χ0v) is 13.4. The number of rotatable bonds is 5. The van der Waals surface area contributed by atoms with Gasteiger partial charge in [0.1, 0.15) is 6.04 Å². The van der Waals surface area contributed by atoms with Gasteiger partial charge in [0.15, 0.2) is 5.69 Å². The molecule has 8 heteroatoms. The van der Waals surface area contributed by atoms with Crippen LogP contribution in [-0.4, -0.2) is 44.3 Å². The zero-order chi connectivity index (χ0) is 17.1. The molecule has 3 heterocycles. The fourth-order valence-electron chi connectivity index (χ4n) is 2.41. The van der Waals surface area contributed by atoms with E-state index >= 15 is 0 Å². The topological polar surface area (TPSA) is 94.8 Å². The standard InChI is InChI=1S/C17H16N6O2/c24-17(16-9-23(22-21-16)14-10-25-11-14)18-8-13-6-7-15(20-19-13)12-4-2-1-3-5-12/h1-7,9,14H,8,10-11H2,(H,18,24). The summed E-state index contributed by atoms with van der Waals surface area (Å²) in [6.45, 7) is 1.49. The average molecular weight is 336 g/mol. The minimum absolute atomic E-state index is 0.172. The maximum absolute atomic E-state index is 12.1. The number of ether oxygens (including phenoxy) is 1. The molecule has 0 spiro atoms. The molecule has 0 unspecified atom stereocenters. The van der Waals surface area contributed by atoms with E-state index in [2.05, 4.69) is 25.8 Å². The molecule has 1 amide bonds. The fourth-order valence-corrected chi connectivity index (χ4v) is 2.41. The Morgan fingerprint density at radius 2 is 1.96 bits per heavy atom. The lowest BCUT2D eigenvalue weighted by atomic mass is 10.1. The molecule has 0 bridgehead atoms. The molecule has 1 aliphatic rings. The smallest absolute Gasteiger partial charge is 0.273 e. The summed E-state index contributed by atoms with van der Waals surface area (Å²) in [4.78, 5) is 12.1. The minimum atomic E-state index is -0.291. The van der Waals surface area contributed by atoms with E-state index in [4.69, 9.17) is 4.74 Å². The summed E-state index contributed by atoms with van der Waals surface area (Å²) in [7, 11) is 0. The van der Waals surface area contributed by atoms with E-state index in [1.165, 1.54) is 0 Å². The first-order chi connectivity index (χ1) is 12.3. The number of hydrogen-bond acceptors (Lipinski definition) is 6. The number of carbonyl (C=O) groups excluding carboxylic acids is 1. The molecular formula is C17H16N6O2. The van der Waals surface area contributed by atoms with E-state index in [9.17, 15) is 4.79 Å². The molecule has 0 radical (unpaired) electrons. The number of benzene rings is 1. The molecule has 126 valence electrons. The fraction of sp³-hybridized carbons (Fsp3) is 0.235. The van der Waals surface area contributed by atoms with Gasteiger partial charge in [0.2, 0.25) is 0 Å². The molecule has 1 N–H and O–H groups in total. The molecule has 1 aromatic carbocycles. The Labute approximate surface area is 143 Å². The highest BCUT2D eigenvalue weighted by Gasteiger charge is 2.23. The van der Waals surface area contributed by atoms with Crippen LogP contribution in [0.25, 0.3) is 11.3 Å². The predicted octanol–water partition coefficient (Wildman–Crippen LogP) is 1.24. The SMILES string of the molecule is O=C(NCc1ccc(-c2ccccc2)nn1)c1cn(C2COC2)nn1. The number of amides is 1. The largest absolute Gasteiger partial charge is 0.377 e. The monoisotopic (exact) mass is 336 g/mol. The second kappa shape index (κ2) is 6.78. The number of carbonyl (C=O) groups is 1. The quantitative estimate of drug-likeness (QED) is 0.753. The van der Waals surface area contributed by atoms with Gasteiger partial charge in [-0.25, -0.2) is 4.68 Å². The van der Waals surface area contributed by atoms with Crippen molar-refractivity contribution in [3.63, 3.8) is 0 Å². The van der Waals surface area contributed by atoms with Crippen molar-refractivity contribution in [3.8, 4) is 11.3 Å². The second-order valence-corrected chi connectivity index (χ2v) is 5.73. The Kier molecular flexibility index (Phi) is 4.17. The molecule has 0 aliphatic carbocycles. The summed E-state index contributed by atoms with van der Waals surface area (Å²) in [5, 5.41) is 19.0. The van der Waals surface area contributed by atoms with E-state index in [1.807, 2.05) is 42.5 Å². The maximum atomic E-state index is 12.1. The van der Waals surface area contributed by atoms with Crippen molar-refractivity contribution < 1.29 is 9.53 Å². The molecule has 1 fully saturated rings. The highest BCUT2D eigenvalue weighted by atomic mass is 16.5. The van der Waals surface area contributed by atoms with Crippen molar-refractivity contribution in [2.24, 2.45) is 0 Å². The van der Waals surface area contributed by atoms with Crippen molar-refractivity contribution in [2.45, 2.75) is 12.6 Å². The second-order valence-electron chi connectivity index (χ2n) is 5.73. The summed E-state index contributed by atoms with van der Waals surface area (Å²) in [6, 6.07) is 13.7. The molecule has 8 nitrogen and oxygen atoms in total. The van der Waals surface area contributed by atoms with E-state index in [-0.39, 0.29) is 24.2 Å². The molecule has 4 rings (SSSR count). The van der Waals surface area contributed by atoms with Gasteiger partial charge in [0, 0.05) is 5.56 Å². The van der Waals surface area contributed by atoms with Crippen LogP contribution >= 0.6 is 0 Å². The number of aromatic nitrogens is 5. The van der Waals surface area contributed by atoms with Gasteiger partial charge >= 0.3 is 0 Å². The van der Waals surface area contributed by atoms with Crippen molar-refractivity contribution >= 4 is 5.91 Å². The zero-order valence-electron chi connectivity index (χ0n) is 13.4. The first-order valence-electron chi connectivity index (χ1n) is 7.95. The van der Waals surface area contributed by atoms with Crippen LogP contribution in [0.4, 0.5) is 0 Å². The van der Waals surface area contributed by atoms with Gasteiger partial charge in [-0.2, -0.15) is 10.2 Å². The Balaban J connectivity index is 1.36. The van der Waals surface area contributed by atoms with Gasteiger partial charge in [0.05, 0.1) is 37.3 Å². The Bertz CT molecular complexity index is 858. The normalized spacial score (nSPS) is 14.1. The van der Waals surface area contributed by atoms with Crippen LogP contribution in [0.2, 0.25) is 0 Å². The molecule has 0 saturated carbocycles. The van der Waals surface area contributed by atoms with Crippen molar-refractivity contribution in [3.05, 3.63) is 60.0 Å². The van der Waals surface area contributed by atoms with Gasteiger partial charge in [-0.15, -0.1) is 5.10 Å². The molecule has 1 aliphatic heterocycles. The third-order valence-electron chi connectivity index (χ3n) is 3.96. The van der Waals surface area contributed by atoms with Crippen LogP contribution in [0, 0.1) is 0 Å². The van der Waals surface area contributed by atoms with E-state index in [1.54, 1.807) is 10.9 Å². The lowest BCUT2D eigenvalue weighted by Crippen LogP contribution is -2.31. The maximum Gasteiger partial charge on any atom is 0.273 e. The van der Waals surface area contributed by atoms with Crippen LogP contribution in [0.5, 0.6) is 0 Å². The van der Waals surface area contributed by atoms with Crippen molar-refractivity contribution in [1.29, 1.82) is 0 Å². The predicted molar refractivity (Wildman–Crippen MR) is 88.5 cm³/mol. The highest BCUT2D eigenvalue weighted by Crippen LogP contribution is 2.16. The van der Waals surface area contributed by atoms with Gasteiger partial charge in [0.25, 0.3) is 5.91 Å². The summed E-state index contributed by atoms with van der Waals surface area (Å²) in [5.41, 5.74) is 2.75. The van der Waals surface area contributed by atoms with E-state index in [0.29, 0.717) is 18.9 Å². The van der Waals surface area contributed by atoms with Crippen LogP contribution < -0.4 is 5.32 Å². The molecule has 0 atom stereocenters. The van der Waals surface area contributed by atoms with E-state index < -0.39 is 0 Å². The van der Waals surface area contributed by atoms with Gasteiger partial charge < -0.3 is 10.1 Å². The lowest BCUT2D eigenvalue weighted by molar-refractivity contribution is -0.0293. The molecule has 1 saturated heterocycles. The first kappa shape index (κ1) is 15.4. The van der Waals surface area contributed by atoms with Crippen molar-refractivity contribution in [1.82, 2.24) is 30.5 Å². The highest BCUT2D eigenvalue weighted by molar-refractivity contribution is 5.91. The third kappa shape index (κ3) is 3.38. The minimum Gasteiger partial charge on any atom is -0.377 e. The van der Waals surface area contributed by atoms with Crippen LogP contribution in [0.15, 0.2) is 48.7 Å². The number of nitrogens with one attached hydrogen (secondary N) is 1. The lowest BCUT2D eigenvalue weighted by Gasteiger charge is -2.25. The summed E-state index contributed by atoms with van der Waals surface area (Å²) < 4.78 is 6.76. The van der Waals surface area contributed by atoms with Crippen LogP contribution in [-0.2, 0) is 11.3 Å². The Morgan fingerprint density at radius 3 is 2.64 bits per heavy atom. The summed E-state index contributed by atoms with van der Waals surface area (Å²) >= 11 is 0. The molecule has 2 aromatic heterocycles. The number of hydrogen-bond donors (Lipinski definition) is 1. The summed E-state index contributed by atoms with van der Waals surface area (Å²) in [5.74, 6) is -0.291. The van der Waals surface area contributed by atoms with Crippen molar-refractivity contribution in [2.75, 3.05) is 13.2 Å². The Hall–Kier alpha value is -3.13. The molecule has 25 heavy (non-hydrogen) atoms. The van der Waals surface area contributed by atoms with Gasteiger partial charge in [-0.1, -0.05) is 35.5 Å². The average Bonchev–Trinajstić information content (AvgIpc) is 3.09. The third-order valence-corrected chi connectivity index (χ3v) is 3.96. The molecule has 3 aromatic rings. The number of nitrogens with zero attached hydrogens (tertiary/aromatic N) is 5. The van der Waals surface area contributed by atoms with Crippen LogP contribution in [0.1, 0.15) is 22.2 Å². The van der Waals surface area contributed by atoms with Crippen LogP contribution in [0.3, 0.4) is 0 Å². The van der Waals surface area contributed by atoms with Gasteiger partial charge in [-0.3, -0.25) is 4.79 Å².